The number of hydrogen-bond acceptors (Lipinski definition) is 20. The summed E-state index contributed by atoms with van der Waals surface area (Å²) in [6.45, 7) is 18.3. The third kappa shape index (κ3) is 15.4. The highest BCUT2D eigenvalue weighted by molar-refractivity contribution is 5.93. The Labute approximate surface area is 466 Å². The van der Waals surface area contributed by atoms with Crippen LogP contribution in [0.5, 0.6) is 0 Å². The third-order valence-corrected chi connectivity index (χ3v) is 16.6. The maximum Gasteiger partial charge on any atom is 0.341 e. The van der Waals surface area contributed by atoms with Gasteiger partial charge >= 0.3 is 11.9 Å². The summed E-state index contributed by atoms with van der Waals surface area (Å²) in [4.78, 5) is 49.1. The van der Waals surface area contributed by atoms with E-state index >= 15 is 0 Å². The lowest BCUT2D eigenvalue weighted by Crippen LogP contribution is -2.61. The molecule has 3 aliphatic rings. The van der Waals surface area contributed by atoms with Crippen LogP contribution in [0.3, 0.4) is 0 Å². The number of oxime groups is 1. The van der Waals surface area contributed by atoms with E-state index in [1.165, 1.54) is 13.1 Å². The molecule has 446 valence electrons. The summed E-state index contributed by atoms with van der Waals surface area (Å²) in [6.07, 6.45) is -6.65. The van der Waals surface area contributed by atoms with Crippen LogP contribution in [0.4, 0.5) is 0 Å². The molecule has 0 spiro atoms. The number of pyridine rings is 1. The molecule has 1 aromatic heterocycles. The first-order valence-electron chi connectivity index (χ1n) is 27.7. The number of aromatic carboxylic acids is 1. The minimum atomic E-state index is -2.02. The highest BCUT2D eigenvalue weighted by Crippen LogP contribution is 2.42. The van der Waals surface area contributed by atoms with Gasteiger partial charge < -0.3 is 78.3 Å². The normalized spacial score (nSPS) is 36.7. The summed E-state index contributed by atoms with van der Waals surface area (Å²) in [5, 5.41) is 74.1. The number of aromatic nitrogens is 1. The Bertz CT molecular complexity index is 2480. The average Bonchev–Trinajstić information content (AvgIpc) is 3.43. The van der Waals surface area contributed by atoms with Crippen LogP contribution in [0.25, 0.3) is 10.9 Å². The maximum atomic E-state index is 14.7. The van der Waals surface area contributed by atoms with Crippen molar-refractivity contribution in [1.29, 1.82) is 5.26 Å². The fraction of sp³-hybridized carbons (Fsp3) is 0.772. The molecule has 22 nitrogen and oxygen atoms in total. The van der Waals surface area contributed by atoms with Crippen LogP contribution in [0.15, 0.2) is 34.3 Å². The van der Waals surface area contributed by atoms with Crippen molar-refractivity contribution in [3.63, 3.8) is 0 Å². The van der Waals surface area contributed by atoms with E-state index in [2.05, 4.69) is 10.1 Å². The van der Waals surface area contributed by atoms with Crippen molar-refractivity contribution in [3.05, 3.63) is 45.7 Å². The van der Waals surface area contributed by atoms with E-state index < -0.39 is 120 Å². The molecule has 0 radical (unpaired) electrons. The summed E-state index contributed by atoms with van der Waals surface area (Å²) >= 11 is 0. The van der Waals surface area contributed by atoms with Crippen LogP contribution in [0, 0.1) is 35.0 Å². The number of rotatable bonds is 19. The minimum Gasteiger partial charge on any atom is -0.477 e. The van der Waals surface area contributed by atoms with E-state index in [-0.39, 0.29) is 42.7 Å². The quantitative estimate of drug-likeness (QED) is 0.0758. The third-order valence-electron chi connectivity index (χ3n) is 16.6. The van der Waals surface area contributed by atoms with Gasteiger partial charge in [-0.3, -0.25) is 14.3 Å². The first-order chi connectivity index (χ1) is 36.9. The van der Waals surface area contributed by atoms with Gasteiger partial charge in [0.25, 0.3) is 0 Å². The van der Waals surface area contributed by atoms with Gasteiger partial charge in [-0.15, -0.1) is 0 Å². The molecular formula is C57H92N6O16. The van der Waals surface area contributed by atoms with Crippen LogP contribution in [-0.2, 0) is 49.2 Å². The zero-order valence-corrected chi connectivity index (χ0v) is 49.5. The van der Waals surface area contributed by atoms with E-state index in [4.69, 9.17) is 38.0 Å². The number of benzene rings is 1. The van der Waals surface area contributed by atoms with Gasteiger partial charge in [0.15, 0.2) is 12.6 Å². The topological polar surface area (TPSA) is 277 Å². The van der Waals surface area contributed by atoms with Gasteiger partial charge in [-0.1, -0.05) is 38.9 Å². The average molecular weight is 1120 g/mol. The molecule has 3 fully saturated rings. The standard InChI is InChI=1S/C57H92N6O16/c1-17-43-57(10,71)49(66)34(4)45(59-74-25-22-58)32(2)29-55(8,70)50(79-54-47(65)42(60(11)12)27-33(3)75-54)35(5)48(36(6)53(69)77-43)78-44-30-56(9,72-16)51(37(7)76-44)73-26-24-62(15)23-18-19-38-20-21-41-39(28-38)46(64)40(52(67)68)31-63(41)61(13)14/h20-21,28,31-37,42-44,47-51,54,65-66,70-71H,17-19,23-27,29-30H2,1-16H3,(H,67,68)/b59-45+/t32-,33-,34-,35+,36-,37+,42+,43-,44+,47-,48+,49-,50-,51+,54+,55-,56-,57-/m1/s1. The number of methoxy groups -OCH3 is 1. The highest BCUT2D eigenvalue weighted by atomic mass is 16.7. The Kier molecular flexibility index (Phi) is 22.9. The predicted molar refractivity (Wildman–Crippen MR) is 295 cm³/mol. The smallest absolute Gasteiger partial charge is 0.341 e. The van der Waals surface area contributed by atoms with E-state index in [1.54, 1.807) is 78.5 Å². The molecule has 0 unspecified atom stereocenters. The summed E-state index contributed by atoms with van der Waals surface area (Å²) in [5.74, 6) is -5.66. The van der Waals surface area contributed by atoms with Crippen molar-refractivity contribution < 1.29 is 73.1 Å². The van der Waals surface area contributed by atoms with Crippen molar-refractivity contribution in [3.8, 4) is 6.07 Å². The molecule has 22 heteroatoms. The van der Waals surface area contributed by atoms with Gasteiger partial charge in [0.1, 0.15) is 35.5 Å². The number of carbonyl (C=O) groups excluding carboxylic acids is 1. The van der Waals surface area contributed by atoms with Crippen LogP contribution >= 0.6 is 0 Å². The predicted octanol–water partition coefficient (Wildman–Crippen LogP) is 3.91. The molecular weight excluding hydrogens is 1020 g/mol. The van der Waals surface area contributed by atoms with Crippen molar-refractivity contribution in [1.82, 2.24) is 14.5 Å². The largest absolute Gasteiger partial charge is 0.477 e. The van der Waals surface area contributed by atoms with Crippen LogP contribution in [-0.4, -0.2) is 211 Å². The Morgan fingerprint density at radius 3 is 2.24 bits per heavy atom. The molecule has 2 aromatic rings. The second-order valence-corrected chi connectivity index (χ2v) is 23.5. The lowest BCUT2D eigenvalue weighted by Gasteiger charge is -2.49. The van der Waals surface area contributed by atoms with E-state index in [1.807, 2.05) is 65.0 Å². The van der Waals surface area contributed by atoms with E-state index in [0.29, 0.717) is 43.4 Å². The van der Waals surface area contributed by atoms with Crippen molar-refractivity contribution >= 4 is 28.6 Å². The SMILES string of the molecule is CC[C@H]1OC(=O)[C@H](C)[C@@H](O[C@H]2C[C@@](C)(OC)[C@@H](OCCN(C)CCCc3ccc4c(c3)c(=O)c(C(=O)O)cn4N(C)C)[C@H](C)O2)[C@H](C)[C@@H](O[C@@H]2O[C@H](C)C[C@H](N(C)C)[C@H]2O)[C@](C)(O)C[C@@H](C)/C(=N\OCC#N)[C@@H](C)[C@@H](O)[C@]1(C)O. The molecule has 0 amide bonds. The molecule has 3 aliphatic heterocycles. The Balaban J connectivity index is 1.40. The van der Waals surface area contributed by atoms with Gasteiger partial charge in [-0.25, -0.2) is 4.79 Å². The number of fused-ring (bicyclic) bond motifs is 1. The maximum absolute atomic E-state index is 14.7. The van der Waals surface area contributed by atoms with E-state index in [9.17, 15) is 45.2 Å². The summed E-state index contributed by atoms with van der Waals surface area (Å²) in [6, 6.07) is 7.08. The number of aryl methyl sites for hydroxylation is 1. The number of carbonyl (C=O) groups is 2. The highest BCUT2D eigenvalue weighted by Gasteiger charge is 2.54. The fourth-order valence-corrected chi connectivity index (χ4v) is 12.0. The molecule has 5 N–H and O–H groups in total. The molecule has 3 saturated heterocycles. The molecule has 5 rings (SSSR count). The Morgan fingerprint density at radius 1 is 0.949 bits per heavy atom. The number of nitrogens with zero attached hydrogens (tertiary/aromatic N) is 6. The lowest BCUT2D eigenvalue weighted by molar-refractivity contribution is -0.320. The number of nitriles is 1. The number of carboxylic acids is 1. The van der Waals surface area contributed by atoms with Crippen LogP contribution in [0.1, 0.15) is 117 Å². The van der Waals surface area contributed by atoms with Crippen molar-refractivity contribution in [2.75, 3.05) is 73.7 Å². The summed E-state index contributed by atoms with van der Waals surface area (Å²) < 4.78 is 47.3. The number of aliphatic hydroxyl groups is 4. The zero-order chi connectivity index (χ0) is 59.1. The van der Waals surface area contributed by atoms with Gasteiger partial charge in [-0.05, 0) is 119 Å². The molecule has 4 heterocycles. The Morgan fingerprint density at radius 2 is 1.63 bits per heavy atom. The summed E-state index contributed by atoms with van der Waals surface area (Å²) in [5.41, 5.74) is -3.89. The second-order valence-electron chi connectivity index (χ2n) is 23.5. The first-order valence-corrected chi connectivity index (χ1v) is 27.7. The molecule has 1 aromatic carbocycles. The van der Waals surface area contributed by atoms with Crippen LogP contribution in [0.2, 0.25) is 0 Å². The fourth-order valence-electron chi connectivity index (χ4n) is 12.0. The lowest BCUT2D eigenvalue weighted by atomic mass is 9.73. The number of carboxylic acid groups (broad SMARTS) is 1. The number of cyclic esters (lactones) is 1. The Hall–Kier alpha value is -4.35. The number of esters is 1. The van der Waals surface area contributed by atoms with Crippen LogP contribution < -0.4 is 10.4 Å². The van der Waals surface area contributed by atoms with E-state index in [0.717, 1.165) is 12.0 Å². The molecule has 0 bridgehead atoms. The first kappa shape index (κ1) is 65.5. The van der Waals surface area contributed by atoms with Gasteiger partial charge in [-0.2, -0.15) is 5.26 Å². The monoisotopic (exact) mass is 1120 g/mol. The van der Waals surface area contributed by atoms with Gasteiger partial charge in [0.2, 0.25) is 12.0 Å². The molecule has 0 saturated carbocycles. The molecule has 79 heavy (non-hydrogen) atoms. The van der Waals surface area contributed by atoms with Gasteiger partial charge in [0, 0.05) is 69.5 Å². The van der Waals surface area contributed by atoms with Gasteiger partial charge in [0.05, 0.1) is 65.5 Å². The second kappa shape index (κ2) is 27.6. The zero-order valence-electron chi connectivity index (χ0n) is 49.5. The number of hydrogen-bond donors (Lipinski definition) is 5. The number of aliphatic hydroxyl groups excluding tert-OH is 2. The number of ether oxygens (including phenoxy) is 7. The number of likely N-dealkylation sites (N-methyl/N-ethyl adjacent to an activating group) is 2. The minimum absolute atomic E-state index is 0.0803. The van der Waals surface area contributed by atoms with Crippen molar-refractivity contribution in [2.45, 2.75) is 192 Å². The molecule has 0 aliphatic carbocycles. The summed E-state index contributed by atoms with van der Waals surface area (Å²) in [7, 11) is 10.8. The molecule has 18 atom stereocenters. The van der Waals surface area contributed by atoms with Crippen molar-refractivity contribution in [2.24, 2.45) is 28.8 Å².